The summed E-state index contributed by atoms with van der Waals surface area (Å²) in [5, 5.41) is 12.5. The number of hydrogen-bond donors (Lipinski definition) is 1. The van der Waals surface area contributed by atoms with Gasteiger partial charge in [0.05, 0.1) is 38.7 Å². The number of ether oxygens (including phenoxy) is 1. The average molecular weight is 1060 g/mol. The minimum Gasteiger partial charge on any atom is -0.481 e. The first-order chi connectivity index (χ1) is 33.1. The lowest BCUT2D eigenvalue weighted by Gasteiger charge is -2.25. The van der Waals surface area contributed by atoms with Crippen LogP contribution in [0.15, 0.2) is 94.7 Å². The average Bonchev–Trinajstić information content (AvgIpc) is 3.71. The lowest BCUT2D eigenvalue weighted by atomic mass is 9.87. The molecule has 0 unspecified atom stereocenters. The molecule has 0 radical (unpaired) electrons. The van der Waals surface area contributed by atoms with Crippen molar-refractivity contribution in [3.05, 3.63) is 129 Å². The standard InChI is InChI=1S/C30H40ClNO4S.C28H36ClNO4S/c1-9-36-28(33)30(7,8)17-26-27(37(34,35)19-29(4,5)6)24-16-22(20(2)3)12-15-25(24)32(26)18-21-10-13-23(31)14-11-21;1-18(2)20-10-13-23-22(14-20)25(35(33,34)17-27(3,4)5)24(15-28(6,7)26(31)32)30(23)16-19-8-11-21(29)12-9-19/h10-16,20H,9,17-19H2,1-8H3;8-14,18H,15-17H2,1-7H3,(H,31,32). The molecular weight excluding hydrogens is 988 g/mol. The molecule has 0 aliphatic carbocycles. The third-order valence-corrected chi connectivity index (χ3v) is 17.8. The van der Waals surface area contributed by atoms with E-state index in [0.717, 1.165) is 33.3 Å². The Kier molecular flexibility index (Phi) is 17.9. The number of fused-ring (bicyclic) bond motifs is 2. The smallest absolute Gasteiger partial charge is 0.311 e. The van der Waals surface area contributed by atoms with Crippen LogP contribution in [0.3, 0.4) is 0 Å². The fourth-order valence-corrected chi connectivity index (χ4v) is 14.0. The van der Waals surface area contributed by atoms with Gasteiger partial charge in [-0.2, -0.15) is 0 Å². The van der Waals surface area contributed by atoms with Gasteiger partial charge in [0.1, 0.15) is 0 Å². The van der Waals surface area contributed by atoms with Crippen molar-refractivity contribution in [2.24, 2.45) is 21.7 Å². The minimum atomic E-state index is -3.73. The molecule has 2 aromatic heterocycles. The largest absolute Gasteiger partial charge is 0.481 e. The van der Waals surface area contributed by atoms with Gasteiger partial charge in [0, 0.05) is 69.2 Å². The van der Waals surface area contributed by atoms with Crippen LogP contribution in [0.1, 0.15) is 149 Å². The van der Waals surface area contributed by atoms with E-state index in [2.05, 4.69) is 38.3 Å². The number of hydrogen-bond acceptors (Lipinski definition) is 7. The summed E-state index contributed by atoms with van der Waals surface area (Å²) in [7, 11) is -7.43. The third kappa shape index (κ3) is 14.2. The molecule has 4 aromatic carbocycles. The molecule has 392 valence electrons. The molecule has 6 rings (SSSR count). The van der Waals surface area contributed by atoms with Gasteiger partial charge in [-0.3, -0.25) is 9.59 Å². The second kappa shape index (κ2) is 22.1. The molecule has 0 saturated heterocycles. The molecule has 0 aliphatic rings. The van der Waals surface area contributed by atoms with Crippen LogP contribution in [-0.4, -0.2) is 61.1 Å². The molecule has 1 N–H and O–H groups in total. The maximum absolute atomic E-state index is 14.1. The molecule has 0 saturated carbocycles. The monoisotopic (exact) mass is 1060 g/mol. The second-order valence-corrected chi connectivity index (χ2v) is 28.4. The van der Waals surface area contributed by atoms with Crippen molar-refractivity contribution in [2.45, 2.75) is 151 Å². The summed E-state index contributed by atoms with van der Waals surface area (Å²) in [6.07, 6.45) is 0.310. The number of rotatable bonds is 17. The van der Waals surface area contributed by atoms with Crippen LogP contribution in [0.2, 0.25) is 10.0 Å². The van der Waals surface area contributed by atoms with Crippen molar-refractivity contribution in [1.29, 1.82) is 0 Å². The molecule has 72 heavy (non-hydrogen) atoms. The number of nitrogens with zero attached hydrogens (tertiary/aromatic N) is 2. The topological polar surface area (TPSA) is 142 Å². The number of carboxylic acids is 1. The highest BCUT2D eigenvalue weighted by atomic mass is 35.5. The summed E-state index contributed by atoms with van der Waals surface area (Å²) in [6, 6.07) is 27.0. The fraction of sp³-hybridized carbons (Fsp3) is 0.483. The SMILES string of the molecule is CC(C)c1ccc2c(c1)c(S(=O)(=O)CC(C)(C)C)c(CC(C)(C)C(=O)O)n2Cc1ccc(Cl)cc1.CCOC(=O)C(C)(C)Cc1c(S(=O)(=O)CC(C)(C)C)c2cc(C(C)C)ccc2n1Cc1ccc(Cl)cc1. The number of aliphatic carboxylic acids is 1. The number of benzene rings is 4. The van der Waals surface area contributed by atoms with E-state index in [1.54, 1.807) is 32.9 Å². The van der Waals surface area contributed by atoms with Crippen LogP contribution in [0, 0.1) is 21.7 Å². The molecular formula is C58H76Cl2N2O8S2. The van der Waals surface area contributed by atoms with Crippen molar-refractivity contribution in [3.8, 4) is 0 Å². The summed E-state index contributed by atoms with van der Waals surface area (Å²) in [6.45, 7) is 29.6. The number of halogens is 2. The summed E-state index contributed by atoms with van der Waals surface area (Å²) in [4.78, 5) is 25.6. The van der Waals surface area contributed by atoms with Gasteiger partial charge in [-0.25, -0.2) is 16.8 Å². The van der Waals surface area contributed by atoms with Crippen LogP contribution in [0.5, 0.6) is 0 Å². The van der Waals surface area contributed by atoms with E-state index in [1.807, 2.05) is 127 Å². The van der Waals surface area contributed by atoms with Crippen LogP contribution in [0.4, 0.5) is 0 Å². The van der Waals surface area contributed by atoms with Gasteiger partial charge < -0.3 is 19.0 Å². The third-order valence-electron chi connectivity index (χ3n) is 12.6. The Hall–Kier alpha value is -4.62. The molecule has 14 heteroatoms. The molecule has 0 aliphatic heterocycles. The van der Waals surface area contributed by atoms with Gasteiger partial charge in [0.2, 0.25) is 0 Å². The van der Waals surface area contributed by atoms with E-state index in [9.17, 15) is 31.5 Å². The summed E-state index contributed by atoms with van der Waals surface area (Å²) < 4.78 is 65.5. The maximum Gasteiger partial charge on any atom is 0.311 e. The Morgan fingerprint density at radius 3 is 1.22 bits per heavy atom. The molecule has 0 fully saturated rings. The highest BCUT2D eigenvalue weighted by Crippen LogP contribution is 2.41. The Labute approximate surface area is 439 Å². The van der Waals surface area contributed by atoms with Crippen molar-refractivity contribution in [2.75, 3.05) is 18.1 Å². The molecule has 10 nitrogen and oxygen atoms in total. The van der Waals surface area contributed by atoms with Gasteiger partial charge in [-0.1, -0.05) is 129 Å². The normalized spacial score (nSPS) is 13.0. The van der Waals surface area contributed by atoms with Crippen molar-refractivity contribution >= 4 is 76.6 Å². The highest BCUT2D eigenvalue weighted by Gasteiger charge is 2.39. The number of sulfone groups is 2. The van der Waals surface area contributed by atoms with Gasteiger partial charge in [0.15, 0.2) is 19.7 Å². The summed E-state index contributed by atoms with van der Waals surface area (Å²) >= 11 is 12.2. The zero-order valence-electron chi connectivity index (χ0n) is 45.0. The summed E-state index contributed by atoms with van der Waals surface area (Å²) in [5.74, 6) is -0.897. The Bertz CT molecular complexity index is 3150. The minimum absolute atomic E-state index is 0.00119. The first-order valence-electron chi connectivity index (χ1n) is 24.7. The molecule has 6 aromatic rings. The zero-order valence-corrected chi connectivity index (χ0v) is 48.1. The molecule has 0 atom stereocenters. The van der Waals surface area contributed by atoms with Crippen molar-refractivity contribution in [3.63, 3.8) is 0 Å². The van der Waals surface area contributed by atoms with Crippen LogP contribution >= 0.6 is 23.2 Å². The molecule has 0 amide bonds. The van der Waals surface area contributed by atoms with Gasteiger partial charge in [-0.15, -0.1) is 0 Å². The van der Waals surface area contributed by atoms with Crippen LogP contribution < -0.4 is 0 Å². The number of carboxylic acid groups (broad SMARTS) is 1. The zero-order chi connectivity index (χ0) is 54.1. The van der Waals surface area contributed by atoms with Gasteiger partial charge >= 0.3 is 11.9 Å². The maximum atomic E-state index is 14.1. The molecule has 0 spiro atoms. The predicted molar refractivity (Wildman–Crippen MR) is 295 cm³/mol. The van der Waals surface area contributed by atoms with E-state index in [1.165, 1.54) is 0 Å². The second-order valence-electron chi connectivity index (χ2n) is 23.6. The van der Waals surface area contributed by atoms with Gasteiger partial charge in [0.25, 0.3) is 0 Å². The Balaban J connectivity index is 0.000000268. The van der Waals surface area contributed by atoms with Crippen molar-refractivity contribution < 1.29 is 36.3 Å². The first-order valence-corrected chi connectivity index (χ1v) is 28.8. The first kappa shape index (κ1) is 58.3. The van der Waals surface area contributed by atoms with Crippen LogP contribution in [-0.2, 0) is 59.9 Å². The van der Waals surface area contributed by atoms with Crippen LogP contribution in [0.25, 0.3) is 21.8 Å². The Morgan fingerprint density at radius 1 is 0.569 bits per heavy atom. The number of carbonyl (C=O) groups excluding carboxylic acids is 1. The number of carbonyl (C=O) groups is 2. The van der Waals surface area contributed by atoms with E-state index in [0.29, 0.717) is 50.2 Å². The highest BCUT2D eigenvalue weighted by molar-refractivity contribution is 7.92. The molecule has 2 heterocycles. The number of aromatic nitrogens is 2. The van der Waals surface area contributed by atoms with E-state index in [-0.39, 0.29) is 53.7 Å². The Morgan fingerprint density at radius 2 is 0.917 bits per heavy atom. The predicted octanol–water partition coefficient (Wildman–Crippen LogP) is 14.4. The van der Waals surface area contributed by atoms with E-state index < -0.39 is 47.3 Å². The molecule has 0 bridgehead atoms. The lowest BCUT2D eigenvalue weighted by molar-refractivity contribution is -0.153. The van der Waals surface area contributed by atoms with E-state index >= 15 is 0 Å². The lowest BCUT2D eigenvalue weighted by Crippen LogP contribution is -2.31. The quantitative estimate of drug-likeness (QED) is 0.0890. The fourth-order valence-electron chi connectivity index (χ4n) is 9.05. The van der Waals surface area contributed by atoms with E-state index in [4.69, 9.17) is 27.9 Å². The summed E-state index contributed by atoms with van der Waals surface area (Å²) in [5.41, 5.74) is 3.87. The number of esters is 1. The van der Waals surface area contributed by atoms with Crippen molar-refractivity contribution in [1.82, 2.24) is 9.13 Å². The van der Waals surface area contributed by atoms with Gasteiger partial charge in [-0.05, 0) is 128 Å².